The van der Waals surface area contributed by atoms with Gasteiger partial charge in [0.15, 0.2) is 0 Å². The highest BCUT2D eigenvalue weighted by Gasteiger charge is 2.37. The molecule has 0 aliphatic carbocycles. The van der Waals surface area contributed by atoms with E-state index in [1.807, 2.05) is 0 Å². The van der Waals surface area contributed by atoms with Crippen molar-refractivity contribution in [2.45, 2.75) is 12.5 Å². The topological polar surface area (TPSA) is 51.7 Å². The summed E-state index contributed by atoms with van der Waals surface area (Å²) < 4.78 is 42.4. The molecule has 0 amide bonds. The summed E-state index contributed by atoms with van der Waals surface area (Å²) in [6.45, 7) is 0. The maximum Gasteiger partial charge on any atom is 0.414 e. The Balaban J connectivity index is 0. The standard InChI is InChI=1S/C2H2F4O.H2O/c3-1(4)2(5,6)7;/h1,7H;1H2. The molecule has 0 rings (SSSR count). The molecular formula is C2H4F4O2. The van der Waals surface area contributed by atoms with Gasteiger partial charge in [-0.25, -0.2) is 8.78 Å². The van der Waals surface area contributed by atoms with E-state index in [2.05, 4.69) is 0 Å². The van der Waals surface area contributed by atoms with E-state index >= 15 is 0 Å². The average Bonchev–Trinajstić information content (AvgIpc) is 1.31. The third-order valence-electron chi connectivity index (χ3n) is 0.263. The summed E-state index contributed by atoms with van der Waals surface area (Å²) in [6.07, 6.45) is -8.81. The van der Waals surface area contributed by atoms with Crippen LogP contribution in [0.4, 0.5) is 17.6 Å². The smallest absolute Gasteiger partial charge is 0.412 e. The summed E-state index contributed by atoms with van der Waals surface area (Å²) in [6, 6.07) is 0. The molecule has 3 N–H and O–H groups in total. The first-order valence-corrected chi connectivity index (χ1v) is 1.33. The highest BCUT2D eigenvalue weighted by Crippen LogP contribution is 2.17. The lowest BCUT2D eigenvalue weighted by atomic mass is 10.7. The number of rotatable bonds is 1. The Hall–Kier alpha value is -0.360. The second-order valence-electron chi connectivity index (χ2n) is 0.888. The summed E-state index contributed by atoms with van der Waals surface area (Å²) in [4.78, 5) is 0. The molecule has 52 valence electrons. The minimum absolute atomic E-state index is 0. The monoisotopic (exact) mass is 136 g/mol. The minimum atomic E-state index is -4.83. The van der Waals surface area contributed by atoms with Gasteiger partial charge in [0, 0.05) is 0 Å². The predicted molar refractivity (Wildman–Crippen MR) is 16.8 cm³/mol. The van der Waals surface area contributed by atoms with Gasteiger partial charge in [0.05, 0.1) is 0 Å². The van der Waals surface area contributed by atoms with Crippen LogP contribution in [0.15, 0.2) is 0 Å². The van der Waals surface area contributed by atoms with E-state index in [-0.39, 0.29) is 5.48 Å². The van der Waals surface area contributed by atoms with Crippen molar-refractivity contribution in [3.63, 3.8) is 0 Å². The number of halogens is 4. The van der Waals surface area contributed by atoms with Crippen LogP contribution in [0, 0.1) is 0 Å². The van der Waals surface area contributed by atoms with Gasteiger partial charge in [-0.15, -0.1) is 0 Å². The van der Waals surface area contributed by atoms with Gasteiger partial charge >= 0.3 is 12.5 Å². The Morgan fingerprint density at radius 3 is 1.38 bits per heavy atom. The van der Waals surface area contributed by atoms with Crippen LogP contribution in [0.5, 0.6) is 0 Å². The van der Waals surface area contributed by atoms with Gasteiger partial charge in [0.2, 0.25) is 0 Å². The molecule has 0 aliphatic heterocycles. The lowest BCUT2D eigenvalue weighted by Gasteiger charge is -2.03. The molecular weight excluding hydrogens is 132 g/mol. The van der Waals surface area contributed by atoms with E-state index in [1.165, 1.54) is 0 Å². The first-order valence-electron chi connectivity index (χ1n) is 1.33. The van der Waals surface area contributed by atoms with Crippen LogP contribution in [0.3, 0.4) is 0 Å². The lowest BCUT2D eigenvalue weighted by molar-refractivity contribution is -0.271. The molecule has 2 nitrogen and oxygen atoms in total. The zero-order chi connectivity index (χ0) is 6.08. The van der Waals surface area contributed by atoms with E-state index in [0.29, 0.717) is 0 Å². The summed E-state index contributed by atoms with van der Waals surface area (Å²) in [5.41, 5.74) is 0. The van der Waals surface area contributed by atoms with Crippen molar-refractivity contribution >= 4 is 0 Å². The Labute approximate surface area is 42.0 Å². The Bertz CT molecular complexity index is 57.5. The molecule has 0 fully saturated rings. The highest BCUT2D eigenvalue weighted by atomic mass is 19.3. The third-order valence-corrected chi connectivity index (χ3v) is 0.263. The van der Waals surface area contributed by atoms with Crippen LogP contribution < -0.4 is 0 Å². The SMILES string of the molecule is O.OC(F)(F)C(F)F. The predicted octanol–water partition coefficient (Wildman–Crippen LogP) is 0.0119. The van der Waals surface area contributed by atoms with Crippen molar-refractivity contribution in [1.29, 1.82) is 0 Å². The fourth-order valence-electron chi connectivity index (χ4n) is 0. The molecule has 0 spiro atoms. The average molecular weight is 136 g/mol. The molecule has 6 heteroatoms. The molecule has 0 radical (unpaired) electrons. The van der Waals surface area contributed by atoms with E-state index in [0.717, 1.165) is 0 Å². The van der Waals surface area contributed by atoms with Crippen LogP contribution in [0.1, 0.15) is 0 Å². The third kappa shape index (κ3) is 3.82. The van der Waals surface area contributed by atoms with Gasteiger partial charge in [-0.05, 0) is 0 Å². The number of hydrogen-bond acceptors (Lipinski definition) is 1. The summed E-state index contributed by atoms with van der Waals surface area (Å²) in [7, 11) is 0. The molecule has 0 atom stereocenters. The molecule has 0 aromatic rings. The lowest BCUT2D eigenvalue weighted by Crippen LogP contribution is -2.24. The largest absolute Gasteiger partial charge is 0.414 e. The maximum atomic E-state index is 10.7. The fraction of sp³-hybridized carbons (Fsp3) is 1.00. The van der Waals surface area contributed by atoms with E-state index in [9.17, 15) is 17.6 Å². The van der Waals surface area contributed by atoms with Crippen molar-refractivity contribution in [3.8, 4) is 0 Å². The summed E-state index contributed by atoms with van der Waals surface area (Å²) in [5.74, 6) is 0. The number of aliphatic hydroxyl groups is 1. The number of alkyl halides is 4. The Morgan fingerprint density at radius 1 is 1.25 bits per heavy atom. The van der Waals surface area contributed by atoms with Crippen molar-refractivity contribution in [2.75, 3.05) is 0 Å². The molecule has 0 unspecified atom stereocenters. The van der Waals surface area contributed by atoms with Gasteiger partial charge in [-0.3, -0.25) is 0 Å². The second kappa shape index (κ2) is 2.83. The molecule has 0 bridgehead atoms. The second-order valence-corrected chi connectivity index (χ2v) is 0.888. The zero-order valence-corrected chi connectivity index (χ0v) is 3.54. The van der Waals surface area contributed by atoms with E-state index in [1.54, 1.807) is 0 Å². The van der Waals surface area contributed by atoms with Gasteiger partial charge in [-0.2, -0.15) is 8.78 Å². The van der Waals surface area contributed by atoms with Gasteiger partial charge in [0.25, 0.3) is 0 Å². The van der Waals surface area contributed by atoms with Crippen LogP contribution in [-0.4, -0.2) is 23.1 Å². The molecule has 0 heterocycles. The zero-order valence-electron chi connectivity index (χ0n) is 3.54. The van der Waals surface area contributed by atoms with Crippen molar-refractivity contribution in [3.05, 3.63) is 0 Å². The fourth-order valence-corrected chi connectivity index (χ4v) is 0. The summed E-state index contributed by atoms with van der Waals surface area (Å²) >= 11 is 0. The normalized spacial score (nSPS) is 11.2. The van der Waals surface area contributed by atoms with Gasteiger partial charge < -0.3 is 10.6 Å². The highest BCUT2D eigenvalue weighted by molar-refractivity contribution is 4.47. The first kappa shape index (κ1) is 10.6. The Kier molecular flexibility index (Phi) is 3.75. The van der Waals surface area contributed by atoms with E-state index in [4.69, 9.17) is 5.11 Å². The molecule has 0 saturated carbocycles. The molecule has 8 heavy (non-hydrogen) atoms. The molecule has 0 saturated heterocycles. The van der Waals surface area contributed by atoms with Crippen molar-refractivity contribution in [1.82, 2.24) is 0 Å². The Morgan fingerprint density at radius 2 is 1.38 bits per heavy atom. The minimum Gasteiger partial charge on any atom is -0.412 e. The van der Waals surface area contributed by atoms with Crippen LogP contribution >= 0.6 is 0 Å². The van der Waals surface area contributed by atoms with Crippen molar-refractivity contribution in [2.24, 2.45) is 0 Å². The van der Waals surface area contributed by atoms with Crippen LogP contribution in [0.25, 0.3) is 0 Å². The van der Waals surface area contributed by atoms with Crippen molar-refractivity contribution < 1.29 is 28.1 Å². The van der Waals surface area contributed by atoms with Gasteiger partial charge in [-0.1, -0.05) is 0 Å². The van der Waals surface area contributed by atoms with Crippen LogP contribution in [-0.2, 0) is 0 Å². The van der Waals surface area contributed by atoms with Crippen LogP contribution in [0.2, 0.25) is 0 Å². The van der Waals surface area contributed by atoms with Gasteiger partial charge in [0.1, 0.15) is 0 Å². The maximum absolute atomic E-state index is 10.7. The first-order chi connectivity index (χ1) is 2.94. The summed E-state index contributed by atoms with van der Waals surface area (Å²) in [5, 5.41) is 7.01. The number of hydrogen-bond donors (Lipinski definition) is 1. The molecule has 0 aromatic heterocycles. The quantitative estimate of drug-likeness (QED) is 0.507. The molecule has 0 aliphatic rings. The molecule has 0 aromatic carbocycles. The van der Waals surface area contributed by atoms with E-state index < -0.39 is 12.5 Å².